The summed E-state index contributed by atoms with van der Waals surface area (Å²) in [6.45, 7) is 3.99. The fraction of sp³-hybridized carbons (Fsp3) is 0.526. The number of amides is 1. The molecular weight excluding hydrogens is 316 g/mol. The second-order valence-electron chi connectivity index (χ2n) is 7.30. The van der Waals surface area contributed by atoms with Gasteiger partial charge in [0.05, 0.1) is 18.3 Å². The highest BCUT2D eigenvalue weighted by Crippen LogP contribution is 2.41. The number of benzene rings is 1. The van der Waals surface area contributed by atoms with Crippen LogP contribution in [0.5, 0.6) is 5.75 Å². The first-order valence-electron chi connectivity index (χ1n) is 9.07. The van der Waals surface area contributed by atoms with Gasteiger partial charge >= 0.3 is 0 Å². The zero-order chi connectivity index (χ0) is 17.4. The van der Waals surface area contributed by atoms with Crippen molar-refractivity contribution in [3.63, 3.8) is 0 Å². The molecule has 6 nitrogen and oxygen atoms in total. The van der Waals surface area contributed by atoms with E-state index < -0.39 is 0 Å². The molecule has 2 aliphatic rings. The number of nitrogens with zero attached hydrogens (tertiary/aromatic N) is 4. The van der Waals surface area contributed by atoms with Gasteiger partial charge in [-0.05, 0) is 63.8 Å². The second kappa shape index (κ2) is 6.50. The van der Waals surface area contributed by atoms with E-state index in [0.29, 0.717) is 18.1 Å². The Bertz CT molecular complexity index is 712. The molecule has 25 heavy (non-hydrogen) atoms. The molecule has 2 saturated heterocycles. The van der Waals surface area contributed by atoms with Gasteiger partial charge in [-0.3, -0.25) is 4.79 Å². The molecular formula is C19H24N4O2. The Morgan fingerprint density at radius 3 is 2.36 bits per heavy atom. The van der Waals surface area contributed by atoms with Crippen molar-refractivity contribution >= 4 is 5.91 Å². The zero-order valence-corrected chi connectivity index (χ0v) is 14.7. The fourth-order valence-electron chi connectivity index (χ4n) is 4.21. The summed E-state index contributed by atoms with van der Waals surface area (Å²) in [5, 5.41) is 8.07. The lowest BCUT2D eigenvalue weighted by Gasteiger charge is -2.39. The van der Waals surface area contributed by atoms with Crippen molar-refractivity contribution in [2.24, 2.45) is 0 Å². The molecule has 132 valence electrons. The minimum Gasteiger partial charge on any atom is -0.491 e. The van der Waals surface area contributed by atoms with Crippen molar-refractivity contribution in [3.8, 4) is 5.75 Å². The predicted octanol–water partition coefficient (Wildman–Crippen LogP) is 3.07. The normalized spacial score (nSPS) is 25.4. The van der Waals surface area contributed by atoms with E-state index in [1.807, 2.05) is 49.0 Å². The molecule has 0 saturated carbocycles. The molecule has 0 aliphatic carbocycles. The highest BCUT2D eigenvalue weighted by molar-refractivity contribution is 5.95. The van der Waals surface area contributed by atoms with E-state index in [4.69, 9.17) is 4.74 Å². The Morgan fingerprint density at radius 1 is 1.12 bits per heavy atom. The second-order valence-corrected chi connectivity index (χ2v) is 7.30. The molecule has 1 aromatic carbocycles. The molecule has 6 heteroatoms. The third-order valence-electron chi connectivity index (χ3n) is 5.23. The number of fused-ring (bicyclic) bond motifs is 2. The van der Waals surface area contributed by atoms with Gasteiger partial charge in [0.25, 0.3) is 5.91 Å². The molecule has 2 aromatic rings. The van der Waals surface area contributed by atoms with Crippen LogP contribution in [-0.2, 0) is 0 Å². The minimum atomic E-state index is 0.133. The fourth-order valence-corrected chi connectivity index (χ4v) is 4.21. The maximum Gasteiger partial charge on any atom is 0.254 e. The first-order valence-corrected chi connectivity index (χ1v) is 9.07. The molecule has 2 unspecified atom stereocenters. The van der Waals surface area contributed by atoms with Gasteiger partial charge in [-0.15, -0.1) is 5.10 Å². The molecule has 3 heterocycles. The van der Waals surface area contributed by atoms with E-state index in [9.17, 15) is 4.79 Å². The van der Waals surface area contributed by atoms with Crippen LogP contribution in [0.15, 0.2) is 36.7 Å². The van der Waals surface area contributed by atoms with E-state index in [-0.39, 0.29) is 12.0 Å². The number of hydrogen-bond donors (Lipinski definition) is 0. The lowest BCUT2D eigenvalue weighted by Crippen LogP contribution is -2.47. The summed E-state index contributed by atoms with van der Waals surface area (Å²) in [5.41, 5.74) is 0.743. The van der Waals surface area contributed by atoms with Crippen LogP contribution < -0.4 is 4.74 Å². The molecule has 2 bridgehead atoms. The molecule has 0 spiro atoms. The van der Waals surface area contributed by atoms with Crippen LogP contribution in [0.1, 0.15) is 55.9 Å². The highest BCUT2D eigenvalue weighted by atomic mass is 16.5. The third-order valence-corrected chi connectivity index (χ3v) is 5.23. The maximum atomic E-state index is 13.0. The Balaban J connectivity index is 1.48. The molecule has 2 fully saturated rings. The number of ether oxygens (including phenoxy) is 1. The number of carbonyl (C=O) groups is 1. The van der Waals surface area contributed by atoms with Crippen LogP contribution in [0, 0.1) is 0 Å². The summed E-state index contributed by atoms with van der Waals surface area (Å²) < 4.78 is 7.61. The Kier molecular flexibility index (Phi) is 4.19. The molecule has 2 atom stereocenters. The minimum absolute atomic E-state index is 0.133. The first kappa shape index (κ1) is 16.1. The predicted molar refractivity (Wildman–Crippen MR) is 93.5 cm³/mol. The van der Waals surface area contributed by atoms with Gasteiger partial charge in [-0.1, -0.05) is 5.21 Å². The number of carbonyl (C=O) groups excluding carboxylic acids is 1. The zero-order valence-electron chi connectivity index (χ0n) is 14.7. The van der Waals surface area contributed by atoms with Crippen molar-refractivity contribution < 1.29 is 9.53 Å². The van der Waals surface area contributed by atoms with Crippen molar-refractivity contribution in [1.29, 1.82) is 0 Å². The topological polar surface area (TPSA) is 60.2 Å². The van der Waals surface area contributed by atoms with Crippen LogP contribution in [-0.4, -0.2) is 44.0 Å². The van der Waals surface area contributed by atoms with Crippen LogP contribution >= 0.6 is 0 Å². The molecule has 4 rings (SSSR count). The Hall–Kier alpha value is -2.37. The standard InChI is InChI=1S/C19H24N4O2/c1-13(2)25-18-7-3-14(4-8-18)19(24)23-15-5-6-16(23)12-17(11-15)22-10-9-20-21-22/h3-4,7-10,13,15-17H,5-6,11-12H2,1-2H3. The molecule has 2 aliphatic heterocycles. The van der Waals surface area contributed by atoms with Crippen molar-refractivity contribution in [1.82, 2.24) is 19.9 Å². The molecule has 1 aromatic heterocycles. The average molecular weight is 340 g/mol. The van der Waals surface area contributed by atoms with Crippen molar-refractivity contribution in [3.05, 3.63) is 42.2 Å². The molecule has 0 N–H and O–H groups in total. The van der Waals surface area contributed by atoms with E-state index >= 15 is 0 Å². The van der Waals surface area contributed by atoms with Gasteiger partial charge in [0.15, 0.2) is 0 Å². The van der Waals surface area contributed by atoms with E-state index in [2.05, 4.69) is 15.2 Å². The van der Waals surface area contributed by atoms with Gasteiger partial charge in [-0.25, -0.2) is 4.68 Å². The van der Waals surface area contributed by atoms with Crippen molar-refractivity contribution in [2.75, 3.05) is 0 Å². The summed E-state index contributed by atoms with van der Waals surface area (Å²) in [6.07, 6.45) is 7.86. The van der Waals surface area contributed by atoms with Gasteiger partial charge in [0.2, 0.25) is 0 Å². The lowest BCUT2D eigenvalue weighted by atomic mass is 9.96. The summed E-state index contributed by atoms with van der Waals surface area (Å²) in [4.78, 5) is 15.1. The number of piperidine rings is 1. The summed E-state index contributed by atoms with van der Waals surface area (Å²) >= 11 is 0. The Morgan fingerprint density at radius 2 is 1.80 bits per heavy atom. The molecule has 0 radical (unpaired) electrons. The number of rotatable bonds is 4. The summed E-state index contributed by atoms with van der Waals surface area (Å²) in [5.74, 6) is 0.944. The van der Waals surface area contributed by atoms with E-state index in [1.54, 1.807) is 6.20 Å². The first-order chi connectivity index (χ1) is 12.1. The van der Waals surface area contributed by atoms with E-state index in [0.717, 1.165) is 37.0 Å². The van der Waals surface area contributed by atoms with Crippen LogP contribution in [0.3, 0.4) is 0 Å². The maximum absolute atomic E-state index is 13.0. The molecule has 1 amide bonds. The van der Waals surface area contributed by atoms with E-state index in [1.165, 1.54) is 0 Å². The Labute approximate surface area is 147 Å². The van der Waals surface area contributed by atoms with Gasteiger partial charge in [-0.2, -0.15) is 0 Å². The smallest absolute Gasteiger partial charge is 0.254 e. The van der Waals surface area contributed by atoms with Crippen LogP contribution in [0.2, 0.25) is 0 Å². The number of hydrogen-bond acceptors (Lipinski definition) is 4. The lowest BCUT2D eigenvalue weighted by molar-refractivity contribution is 0.0523. The quantitative estimate of drug-likeness (QED) is 0.858. The van der Waals surface area contributed by atoms with Crippen molar-refractivity contribution in [2.45, 2.75) is 63.8 Å². The highest BCUT2D eigenvalue weighted by Gasteiger charge is 2.44. The average Bonchev–Trinajstić information content (AvgIpc) is 3.21. The van der Waals surface area contributed by atoms with Gasteiger partial charge < -0.3 is 9.64 Å². The third kappa shape index (κ3) is 3.13. The van der Waals surface area contributed by atoms with Gasteiger partial charge in [0, 0.05) is 23.8 Å². The SMILES string of the molecule is CC(C)Oc1ccc(C(=O)N2C3CCC2CC(n2ccnn2)C3)cc1. The monoisotopic (exact) mass is 340 g/mol. The van der Waals surface area contributed by atoms with Gasteiger partial charge in [0.1, 0.15) is 5.75 Å². The van der Waals surface area contributed by atoms with Crippen LogP contribution in [0.25, 0.3) is 0 Å². The number of aromatic nitrogens is 3. The summed E-state index contributed by atoms with van der Waals surface area (Å²) in [6, 6.07) is 8.48. The largest absolute Gasteiger partial charge is 0.491 e. The summed E-state index contributed by atoms with van der Waals surface area (Å²) in [7, 11) is 0. The van der Waals surface area contributed by atoms with Crippen LogP contribution in [0.4, 0.5) is 0 Å².